The lowest BCUT2D eigenvalue weighted by Crippen LogP contribution is -2.40. The van der Waals surface area contributed by atoms with Crippen LogP contribution < -0.4 is 16.4 Å². The van der Waals surface area contributed by atoms with Gasteiger partial charge in [0.15, 0.2) is 0 Å². The van der Waals surface area contributed by atoms with Gasteiger partial charge in [0, 0.05) is 6.54 Å². The largest absolute Gasteiger partial charge is 0.355 e. The standard InChI is InChI=1S/C12H23N3O2/c13-8-11(16)15-9-12(17)14-7-6-10-4-2-1-3-5-10/h10H,1-9,13H2,(H,14,17)(H,15,16). The Bertz CT molecular complexity index is 250. The molecule has 4 N–H and O–H groups in total. The summed E-state index contributed by atoms with van der Waals surface area (Å²) in [5.41, 5.74) is 5.11. The van der Waals surface area contributed by atoms with Crippen molar-refractivity contribution in [1.29, 1.82) is 0 Å². The normalized spacial score (nSPS) is 16.5. The first-order valence-corrected chi connectivity index (χ1v) is 6.46. The smallest absolute Gasteiger partial charge is 0.239 e. The molecule has 0 aromatic rings. The summed E-state index contributed by atoms with van der Waals surface area (Å²) in [6.45, 7) is 0.665. The van der Waals surface area contributed by atoms with Crippen LogP contribution in [0.4, 0.5) is 0 Å². The number of carbonyl (C=O) groups excluding carboxylic acids is 2. The first kappa shape index (κ1) is 14.0. The van der Waals surface area contributed by atoms with Crippen molar-refractivity contribution >= 4 is 11.8 Å². The number of nitrogens with two attached hydrogens (primary N) is 1. The van der Waals surface area contributed by atoms with Crippen LogP contribution >= 0.6 is 0 Å². The molecule has 0 aromatic carbocycles. The number of nitrogens with one attached hydrogen (secondary N) is 2. The molecule has 0 unspecified atom stereocenters. The molecule has 0 aromatic heterocycles. The maximum atomic E-state index is 11.3. The molecule has 0 spiro atoms. The van der Waals surface area contributed by atoms with E-state index < -0.39 is 0 Å². The molecule has 0 aliphatic heterocycles. The van der Waals surface area contributed by atoms with Crippen LogP contribution in [-0.4, -0.2) is 31.4 Å². The summed E-state index contributed by atoms with van der Waals surface area (Å²) in [6, 6.07) is 0. The second-order valence-corrected chi connectivity index (χ2v) is 4.62. The first-order valence-electron chi connectivity index (χ1n) is 6.46. The molecule has 0 atom stereocenters. The van der Waals surface area contributed by atoms with Crippen molar-refractivity contribution in [1.82, 2.24) is 10.6 Å². The Morgan fingerprint density at radius 2 is 1.76 bits per heavy atom. The van der Waals surface area contributed by atoms with Crippen LogP contribution in [0.25, 0.3) is 0 Å². The van der Waals surface area contributed by atoms with Gasteiger partial charge in [0.1, 0.15) is 0 Å². The fraction of sp³-hybridized carbons (Fsp3) is 0.833. The zero-order valence-corrected chi connectivity index (χ0v) is 10.3. The summed E-state index contributed by atoms with van der Waals surface area (Å²) in [5, 5.41) is 5.26. The predicted octanol–water partition coefficient (Wildman–Crippen LogP) is 0.148. The van der Waals surface area contributed by atoms with Crippen LogP contribution in [0.1, 0.15) is 38.5 Å². The van der Waals surface area contributed by atoms with E-state index in [1.165, 1.54) is 32.1 Å². The van der Waals surface area contributed by atoms with Gasteiger partial charge in [-0.15, -0.1) is 0 Å². The van der Waals surface area contributed by atoms with Crippen molar-refractivity contribution in [2.45, 2.75) is 38.5 Å². The fourth-order valence-corrected chi connectivity index (χ4v) is 2.21. The van der Waals surface area contributed by atoms with E-state index in [0.29, 0.717) is 6.54 Å². The Morgan fingerprint density at radius 3 is 2.41 bits per heavy atom. The van der Waals surface area contributed by atoms with E-state index in [1.807, 2.05) is 0 Å². The van der Waals surface area contributed by atoms with Gasteiger partial charge in [-0.2, -0.15) is 0 Å². The second-order valence-electron chi connectivity index (χ2n) is 4.62. The minimum absolute atomic E-state index is 0.0285. The Morgan fingerprint density at radius 1 is 1.06 bits per heavy atom. The molecule has 1 aliphatic rings. The minimum atomic E-state index is -0.299. The molecule has 0 saturated heterocycles. The molecule has 2 amide bonds. The van der Waals surface area contributed by atoms with Crippen LogP contribution in [0.5, 0.6) is 0 Å². The number of hydrogen-bond acceptors (Lipinski definition) is 3. The molecule has 1 saturated carbocycles. The Balaban J connectivity index is 2.01. The van der Waals surface area contributed by atoms with Crippen LogP contribution in [0.3, 0.4) is 0 Å². The number of hydrogen-bond donors (Lipinski definition) is 3. The third-order valence-electron chi connectivity index (χ3n) is 3.23. The third-order valence-corrected chi connectivity index (χ3v) is 3.23. The SMILES string of the molecule is NCC(=O)NCC(=O)NCCC1CCCCC1. The summed E-state index contributed by atoms with van der Waals surface area (Å²) in [7, 11) is 0. The van der Waals surface area contributed by atoms with Gasteiger partial charge in [0.25, 0.3) is 0 Å². The molecule has 1 fully saturated rings. The summed E-state index contributed by atoms with van der Waals surface area (Å²) in [5.74, 6) is 0.331. The highest BCUT2D eigenvalue weighted by Gasteiger charge is 2.13. The summed E-state index contributed by atoms with van der Waals surface area (Å²) < 4.78 is 0. The molecule has 5 heteroatoms. The molecule has 0 heterocycles. The van der Waals surface area contributed by atoms with E-state index in [0.717, 1.165) is 12.3 Å². The Labute approximate surface area is 103 Å². The van der Waals surface area contributed by atoms with Crippen molar-refractivity contribution in [3.63, 3.8) is 0 Å². The van der Waals surface area contributed by atoms with E-state index >= 15 is 0 Å². The molecule has 0 bridgehead atoms. The summed E-state index contributed by atoms with van der Waals surface area (Å²) >= 11 is 0. The molecule has 17 heavy (non-hydrogen) atoms. The topological polar surface area (TPSA) is 84.2 Å². The Kier molecular flexibility index (Phi) is 6.62. The van der Waals surface area contributed by atoms with Gasteiger partial charge in [-0.3, -0.25) is 9.59 Å². The van der Waals surface area contributed by atoms with Crippen LogP contribution in [0.2, 0.25) is 0 Å². The molecule has 0 radical (unpaired) electrons. The fourth-order valence-electron chi connectivity index (χ4n) is 2.21. The minimum Gasteiger partial charge on any atom is -0.355 e. The van der Waals surface area contributed by atoms with E-state index in [-0.39, 0.29) is 24.9 Å². The predicted molar refractivity (Wildman–Crippen MR) is 66.3 cm³/mol. The van der Waals surface area contributed by atoms with Gasteiger partial charge in [-0.25, -0.2) is 0 Å². The first-order chi connectivity index (χ1) is 8.22. The zero-order chi connectivity index (χ0) is 12.5. The van der Waals surface area contributed by atoms with Crippen molar-refractivity contribution < 1.29 is 9.59 Å². The number of amides is 2. The average Bonchev–Trinajstić information content (AvgIpc) is 2.37. The van der Waals surface area contributed by atoms with E-state index in [1.54, 1.807) is 0 Å². The number of rotatable bonds is 6. The molecule has 98 valence electrons. The monoisotopic (exact) mass is 241 g/mol. The van der Waals surface area contributed by atoms with Gasteiger partial charge in [0.05, 0.1) is 13.1 Å². The maximum absolute atomic E-state index is 11.3. The lowest BCUT2D eigenvalue weighted by atomic mass is 9.87. The van der Waals surface area contributed by atoms with Gasteiger partial charge in [0.2, 0.25) is 11.8 Å². The quantitative estimate of drug-likeness (QED) is 0.619. The second kappa shape index (κ2) is 8.06. The van der Waals surface area contributed by atoms with E-state index in [9.17, 15) is 9.59 Å². The lowest BCUT2D eigenvalue weighted by Gasteiger charge is -2.21. The van der Waals surface area contributed by atoms with Crippen LogP contribution in [0, 0.1) is 5.92 Å². The molecular weight excluding hydrogens is 218 g/mol. The highest BCUT2D eigenvalue weighted by Crippen LogP contribution is 2.25. The highest BCUT2D eigenvalue weighted by atomic mass is 16.2. The molecular formula is C12H23N3O2. The maximum Gasteiger partial charge on any atom is 0.239 e. The third kappa shape index (κ3) is 6.26. The van der Waals surface area contributed by atoms with Crippen LogP contribution in [0.15, 0.2) is 0 Å². The molecule has 1 rings (SSSR count). The van der Waals surface area contributed by atoms with Gasteiger partial charge in [-0.05, 0) is 12.3 Å². The van der Waals surface area contributed by atoms with E-state index in [2.05, 4.69) is 10.6 Å². The lowest BCUT2D eigenvalue weighted by molar-refractivity contribution is -0.125. The average molecular weight is 241 g/mol. The van der Waals surface area contributed by atoms with Crippen molar-refractivity contribution in [3.05, 3.63) is 0 Å². The summed E-state index contributed by atoms with van der Waals surface area (Å²) in [4.78, 5) is 22.2. The summed E-state index contributed by atoms with van der Waals surface area (Å²) in [6.07, 6.45) is 7.64. The van der Waals surface area contributed by atoms with E-state index in [4.69, 9.17) is 5.73 Å². The van der Waals surface area contributed by atoms with Gasteiger partial charge in [-0.1, -0.05) is 32.1 Å². The molecule has 5 nitrogen and oxygen atoms in total. The van der Waals surface area contributed by atoms with Crippen LogP contribution in [-0.2, 0) is 9.59 Å². The van der Waals surface area contributed by atoms with Gasteiger partial charge < -0.3 is 16.4 Å². The highest BCUT2D eigenvalue weighted by molar-refractivity contribution is 5.85. The molecule has 1 aliphatic carbocycles. The number of carbonyl (C=O) groups is 2. The van der Waals surface area contributed by atoms with Gasteiger partial charge >= 0.3 is 0 Å². The van der Waals surface area contributed by atoms with Crippen molar-refractivity contribution in [2.24, 2.45) is 11.7 Å². The van der Waals surface area contributed by atoms with Crippen molar-refractivity contribution in [3.8, 4) is 0 Å². The Hall–Kier alpha value is -1.10. The zero-order valence-electron chi connectivity index (χ0n) is 10.3. The van der Waals surface area contributed by atoms with Crippen molar-refractivity contribution in [2.75, 3.05) is 19.6 Å².